The van der Waals surface area contributed by atoms with Crippen LogP contribution in [0.3, 0.4) is 0 Å². The van der Waals surface area contributed by atoms with E-state index in [1.54, 1.807) is 36.4 Å². The van der Waals surface area contributed by atoms with E-state index in [0.717, 1.165) is 16.8 Å². The minimum absolute atomic E-state index is 0.0856. The zero-order valence-corrected chi connectivity index (χ0v) is 20.5. The predicted molar refractivity (Wildman–Crippen MR) is 137 cm³/mol. The van der Waals surface area contributed by atoms with E-state index in [4.69, 9.17) is 31.4 Å². The van der Waals surface area contributed by atoms with Crippen LogP contribution in [0, 0.1) is 5.82 Å². The number of aryl methyl sites for hydroxylation is 1. The Morgan fingerprint density at radius 3 is 2.62 bits per heavy atom. The van der Waals surface area contributed by atoms with Crippen molar-refractivity contribution in [2.45, 2.75) is 31.7 Å². The SMILES string of the molecule is O=C(O)CCCCc1nc2cc(C(=O)N[C@H]3COc4cc(F)ccc43)ccc2nc1-c1ccc(Cl)cc1. The Balaban J connectivity index is 1.42. The number of aliphatic carboxylic acids is 1. The second-order valence-electron chi connectivity index (χ2n) is 8.85. The molecule has 2 N–H and O–H groups in total. The van der Waals surface area contributed by atoms with Crippen LogP contribution in [0.5, 0.6) is 5.75 Å². The smallest absolute Gasteiger partial charge is 0.303 e. The molecule has 0 spiro atoms. The molecule has 37 heavy (non-hydrogen) atoms. The normalized spacial score (nSPS) is 14.3. The summed E-state index contributed by atoms with van der Waals surface area (Å²) in [6.07, 6.45) is 1.78. The summed E-state index contributed by atoms with van der Waals surface area (Å²) < 4.78 is 19.0. The minimum atomic E-state index is -0.835. The van der Waals surface area contributed by atoms with Gasteiger partial charge in [0.2, 0.25) is 0 Å². The Bertz CT molecular complexity index is 1490. The van der Waals surface area contributed by atoms with Crippen LogP contribution >= 0.6 is 11.6 Å². The molecule has 1 atom stereocenters. The highest BCUT2D eigenvalue weighted by atomic mass is 35.5. The van der Waals surface area contributed by atoms with Crippen molar-refractivity contribution >= 4 is 34.5 Å². The first-order valence-electron chi connectivity index (χ1n) is 11.9. The molecule has 0 aliphatic carbocycles. The fourth-order valence-electron chi connectivity index (χ4n) is 4.36. The van der Waals surface area contributed by atoms with Crippen molar-refractivity contribution < 1.29 is 23.8 Å². The summed E-state index contributed by atoms with van der Waals surface area (Å²) in [5, 5.41) is 12.5. The second kappa shape index (κ2) is 10.5. The molecule has 1 amide bonds. The van der Waals surface area contributed by atoms with E-state index in [0.29, 0.717) is 52.3 Å². The topological polar surface area (TPSA) is 101 Å². The maximum absolute atomic E-state index is 13.5. The lowest BCUT2D eigenvalue weighted by Gasteiger charge is -2.13. The Hall–Kier alpha value is -4.04. The van der Waals surface area contributed by atoms with Crippen LogP contribution in [0.2, 0.25) is 5.02 Å². The third kappa shape index (κ3) is 5.54. The van der Waals surface area contributed by atoms with Crippen molar-refractivity contribution in [2.75, 3.05) is 6.61 Å². The zero-order chi connectivity index (χ0) is 25.9. The number of benzene rings is 3. The van der Waals surface area contributed by atoms with Crippen LogP contribution in [0.25, 0.3) is 22.3 Å². The molecule has 7 nitrogen and oxygen atoms in total. The van der Waals surface area contributed by atoms with E-state index in [-0.39, 0.29) is 25.0 Å². The van der Waals surface area contributed by atoms with E-state index in [1.807, 2.05) is 12.1 Å². The standard InChI is InChI=1S/C28H23ClFN3O4/c29-18-8-5-16(6-9-18)27-22(3-1-2-4-26(34)35)31-23-13-17(7-12-21(23)32-27)28(36)33-24-15-37-25-14-19(30)10-11-20(24)25/h5-14,24H,1-4,15H2,(H,33,36)(H,34,35)/t24-/m0/s1. The van der Waals surface area contributed by atoms with Gasteiger partial charge in [-0.25, -0.2) is 14.4 Å². The number of rotatable bonds is 8. The van der Waals surface area contributed by atoms with Gasteiger partial charge < -0.3 is 15.2 Å². The molecular formula is C28H23ClFN3O4. The van der Waals surface area contributed by atoms with Gasteiger partial charge in [0.05, 0.1) is 28.5 Å². The summed E-state index contributed by atoms with van der Waals surface area (Å²) in [6.45, 7) is 0.225. The van der Waals surface area contributed by atoms with Gasteiger partial charge in [-0.1, -0.05) is 29.8 Å². The van der Waals surface area contributed by atoms with Gasteiger partial charge in [0.1, 0.15) is 18.2 Å². The lowest BCUT2D eigenvalue weighted by Crippen LogP contribution is -2.29. The maximum Gasteiger partial charge on any atom is 0.303 e. The van der Waals surface area contributed by atoms with Gasteiger partial charge in [-0.05, 0) is 55.7 Å². The number of carboxylic acid groups (broad SMARTS) is 1. The molecule has 1 aliphatic rings. The van der Waals surface area contributed by atoms with Gasteiger partial charge in [0.25, 0.3) is 5.91 Å². The van der Waals surface area contributed by atoms with Gasteiger partial charge in [0, 0.05) is 34.2 Å². The molecule has 1 aliphatic heterocycles. The quantitative estimate of drug-likeness (QED) is 0.287. The molecule has 9 heteroatoms. The fourth-order valence-corrected chi connectivity index (χ4v) is 4.48. The average Bonchev–Trinajstić information content (AvgIpc) is 3.27. The number of aromatic nitrogens is 2. The molecule has 2 heterocycles. The molecule has 188 valence electrons. The number of carbonyl (C=O) groups excluding carboxylic acids is 1. The lowest BCUT2D eigenvalue weighted by molar-refractivity contribution is -0.137. The first kappa shape index (κ1) is 24.6. The number of unbranched alkanes of at least 4 members (excludes halogenated alkanes) is 1. The number of hydrogen-bond acceptors (Lipinski definition) is 5. The van der Waals surface area contributed by atoms with Gasteiger partial charge in [-0.15, -0.1) is 0 Å². The average molecular weight is 520 g/mol. The largest absolute Gasteiger partial charge is 0.491 e. The number of hydrogen-bond donors (Lipinski definition) is 2. The Morgan fingerprint density at radius 2 is 1.84 bits per heavy atom. The summed E-state index contributed by atoms with van der Waals surface area (Å²) in [5.74, 6) is -1.11. The Morgan fingerprint density at radius 1 is 1.03 bits per heavy atom. The van der Waals surface area contributed by atoms with E-state index >= 15 is 0 Å². The number of carboxylic acids is 1. The van der Waals surface area contributed by atoms with Crippen molar-refractivity contribution in [2.24, 2.45) is 0 Å². The highest BCUT2D eigenvalue weighted by Gasteiger charge is 2.26. The van der Waals surface area contributed by atoms with Gasteiger partial charge in [0.15, 0.2) is 0 Å². The molecule has 0 radical (unpaired) electrons. The van der Waals surface area contributed by atoms with E-state index in [1.165, 1.54) is 12.1 Å². The van der Waals surface area contributed by atoms with Crippen LogP contribution in [-0.4, -0.2) is 33.6 Å². The van der Waals surface area contributed by atoms with E-state index < -0.39 is 11.8 Å². The van der Waals surface area contributed by atoms with Crippen molar-refractivity contribution in [1.29, 1.82) is 0 Å². The third-order valence-electron chi connectivity index (χ3n) is 6.23. The predicted octanol–water partition coefficient (Wildman–Crippen LogP) is 5.75. The molecule has 0 saturated carbocycles. The summed E-state index contributed by atoms with van der Waals surface area (Å²) in [5.41, 5.74) is 4.59. The number of nitrogens with one attached hydrogen (secondary N) is 1. The third-order valence-corrected chi connectivity index (χ3v) is 6.48. The molecule has 5 rings (SSSR count). The summed E-state index contributed by atoms with van der Waals surface area (Å²) in [7, 11) is 0. The van der Waals surface area contributed by atoms with Crippen LogP contribution in [-0.2, 0) is 11.2 Å². The number of nitrogens with zero attached hydrogens (tertiary/aromatic N) is 2. The first-order chi connectivity index (χ1) is 17.9. The van der Waals surface area contributed by atoms with Crippen LogP contribution in [0.4, 0.5) is 4.39 Å². The minimum Gasteiger partial charge on any atom is -0.491 e. The van der Waals surface area contributed by atoms with Gasteiger partial charge in [-0.3, -0.25) is 9.59 Å². The molecule has 0 fully saturated rings. The number of halogens is 2. The molecule has 3 aromatic carbocycles. The number of carbonyl (C=O) groups is 2. The first-order valence-corrected chi connectivity index (χ1v) is 12.3. The summed E-state index contributed by atoms with van der Waals surface area (Å²) >= 11 is 6.05. The highest BCUT2D eigenvalue weighted by molar-refractivity contribution is 6.30. The molecule has 0 unspecified atom stereocenters. The molecular weight excluding hydrogens is 497 g/mol. The Kier molecular flexibility index (Phi) is 7.01. The monoisotopic (exact) mass is 519 g/mol. The van der Waals surface area contributed by atoms with Crippen LogP contribution in [0.15, 0.2) is 60.7 Å². The van der Waals surface area contributed by atoms with Crippen molar-refractivity contribution in [1.82, 2.24) is 15.3 Å². The second-order valence-corrected chi connectivity index (χ2v) is 9.29. The van der Waals surface area contributed by atoms with E-state index in [2.05, 4.69) is 5.32 Å². The molecule has 4 aromatic rings. The summed E-state index contributed by atoms with van der Waals surface area (Å²) in [6, 6.07) is 16.3. The van der Waals surface area contributed by atoms with Gasteiger partial charge in [-0.2, -0.15) is 0 Å². The molecule has 0 bridgehead atoms. The van der Waals surface area contributed by atoms with Crippen molar-refractivity contribution in [3.63, 3.8) is 0 Å². The molecule has 0 saturated heterocycles. The number of fused-ring (bicyclic) bond motifs is 2. The Labute approximate surface area is 217 Å². The fraction of sp³-hybridized carbons (Fsp3) is 0.214. The number of amides is 1. The molecule has 1 aromatic heterocycles. The van der Waals surface area contributed by atoms with Gasteiger partial charge >= 0.3 is 5.97 Å². The lowest BCUT2D eigenvalue weighted by atomic mass is 10.0. The zero-order valence-electron chi connectivity index (χ0n) is 19.7. The van der Waals surface area contributed by atoms with Crippen LogP contribution in [0.1, 0.15) is 46.9 Å². The van der Waals surface area contributed by atoms with Crippen LogP contribution < -0.4 is 10.1 Å². The van der Waals surface area contributed by atoms with Crippen molar-refractivity contribution in [3.05, 3.63) is 88.3 Å². The summed E-state index contributed by atoms with van der Waals surface area (Å²) in [4.78, 5) is 33.6. The highest BCUT2D eigenvalue weighted by Crippen LogP contribution is 2.33. The number of ether oxygens (including phenoxy) is 1. The van der Waals surface area contributed by atoms with Crippen molar-refractivity contribution in [3.8, 4) is 17.0 Å². The van der Waals surface area contributed by atoms with E-state index in [9.17, 15) is 14.0 Å². The maximum atomic E-state index is 13.5.